The number of anilines is 1. The van der Waals surface area contributed by atoms with E-state index in [1.807, 2.05) is 37.3 Å². The summed E-state index contributed by atoms with van der Waals surface area (Å²) in [6.07, 6.45) is 7.49. The van der Waals surface area contributed by atoms with Crippen molar-refractivity contribution in [2.24, 2.45) is 11.8 Å². The number of nitrogens with zero attached hydrogens (tertiary/aromatic N) is 2. The van der Waals surface area contributed by atoms with Crippen molar-refractivity contribution in [1.29, 1.82) is 0 Å². The van der Waals surface area contributed by atoms with Crippen LogP contribution in [0.15, 0.2) is 54.6 Å². The number of allylic oxidation sites excluding steroid dienone is 1. The van der Waals surface area contributed by atoms with E-state index >= 15 is 0 Å². The molecule has 1 saturated heterocycles. The standard InChI is InChI=1S/C36H42FN5O6S2/c1-21-6-3-4-9-29(38-25-8-5-7-24(37)17-25)33(44)42-20-26(48-35-39-28-15-11-22(2)16-31(28)49-35)18-30(42)32(43)40-36(19-23(36)12-10-21)34(45)41-50(46,47)27-13-14-27/h5,7-8,10-12,15-17,21,23,26-27,29-30,38H,3-4,6,9,13-14,18-20H2,1-2H3,(H,40,43)(H,41,45)/b12-10-/t21?,23-,26-,29+,30+,36-/m1/s1. The predicted molar refractivity (Wildman–Crippen MR) is 189 cm³/mol. The van der Waals surface area contributed by atoms with Crippen molar-refractivity contribution in [3.63, 3.8) is 0 Å². The molecule has 0 bridgehead atoms. The number of ether oxygens (including phenoxy) is 1. The van der Waals surface area contributed by atoms with Crippen LogP contribution in [0, 0.1) is 24.6 Å². The van der Waals surface area contributed by atoms with Crippen LogP contribution in [0.4, 0.5) is 10.1 Å². The van der Waals surface area contributed by atoms with Gasteiger partial charge in [0.1, 0.15) is 29.5 Å². The monoisotopic (exact) mass is 723 g/mol. The van der Waals surface area contributed by atoms with Gasteiger partial charge in [0.2, 0.25) is 21.8 Å². The van der Waals surface area contributed by atoms with Crippen molar-refractivity contribution < 1.29 is 31.9 Å². The number of aryl methyl sites for hydroxylation is 1. The van der Waals surface area contributed by atoms with Crippen LogP contribution in [0.3, 0.4) is 0 Å². The van der Waals surface area contributed by atoms with Crippen molar-refractivity contribution in [1.82, 2.24) is 19.9 Å². The molecule has 2 aliphatic carbocycles. The third-order valence-electron chi connectivity index (χ3n) is 10.1. The predicted octanol–water partition coefficient (Wildman–Crippen LogP) is 4.82. The largest absolute Gasteiger partial charge is 0.465 e. The molecule has 266 valence electrons. The van der Waals surface area contributed by atoms with Gasteiger partial charge in [-0.25, -0.2) is 17.8 Å². The Morgan fingerprint density at radius 2 is 1.90 bits per heavy atom. The number of hydrogen-bond acceptors (Lipinski definition) is 9. The zero-order chi connectivity index (χ0) is 35.2. The summed E-state index contributed by atoms with van der Waals surface area (Å²) >= 11 is 1.38. The Hall–Kier alpha value is -4.04. The Bertz CT molecular complexity index is 1950. The Morgan fingerprint density at radius 1 is 1.10 bits per heavy atom. The highest BCUT2D eigenvalue weighted by Gasteiger charge is 2.62. The third kappa shape index (κ3) is 7.36. The molecule has 2 aromatic carbocycles. The molecular weight excluding hydrogens is 682 g/mol. The topological polar surface area (TPSA) is 147 Å². The number of thiazole rings is 1. The molecule has 2 aliphatic heterocycles. The maximum Gasteiger partial charge on any atom is 0.274 e. The van der Waals surface area contributed by atoms with Gasteiger partial charge in [0, 0.05) is 18.0 Å². The highest BCUT2D eigenvalue weighted by molar-refractivity contribution is 7.91. The van der Waals surface area contributed by atoms with E-state index in [0.717, 1.165) is 28.6 Å². The smallest absolute Gasteiger partial charge is 0.274 e. The lowest BCUT2D eigenvalue weighted by Gasteiger charge is -2.30. The minimum absolute atomic E-state index is 0.0861. The summed E-state index contributed by atoms with van der Waals surface area (Å²) in [5.74, 6) is -2.35. The maximum atomic E-state index is 14.5. The molecule has 7 rings (SSSR count). The number of carbonyl (C=O) groups excluding carboxylic acids is 3. The zero-order valence-corrected chi connectivity index (χ0v) is 29.7. The lowest BCUT2D eigenvalue weighted by molar-refractivity contribution is -0.140. The number of hydrogen-bond donors (Lipinski definition) is 3. The minimum Gasteiger partial charge on any atom is -0.465 e. The first kappa shape index (κ1) is 34.4. The summed E-state index contributed by atoms with van der Waals surface area (Å²) in [6.45, 7) is 4.14. The van der Waals surface area contributed by atoms with Crippen molar-refractivity contribution in [2.45, 2.75) is 94.2 Å². The van der Waals surface area contributed by atoms with Crippen LogP contribution in [-0.4, -0.2) is 71.5 Å². The summed E-state index contributed by atoms with van der Waals surface area (Å²) in [5.41, 5.74) is 0.855. The van der Waals surface area contributed by atoms with Gasteiger partial charge in [0.05, 0.1) is 22.0 Å². The SMILES string of the molecule is Cc1ccc2nc(O[C@@H]3C[C@H]4C(=O)N[C@]5(C(=O)NS(=O)(=O)C6CC6)C[C@H]5/C=C\C(C)CCCC[C@H](Nc5cccc(F)c5)C(=O)N4C3)sc2c1. The molecule has 3 amide bonds. The summed E-state index contributed by atoms with van der Waals surface area (Å²) in [7, 11) is -3.87. The highest BCUT2D eigenvalue weighted by atomic mass is 32.2. The average molecular weight is 724 g/mol. The minimum atomic E-state index is -3.87. The van der Waals surface area contributed by atoms with Crippen LogP contribution in [-0.2, 0) is 24.4 Å². The molecule has 2 saturated carbocycles. The van der Waals surface area contributed by atoms with Gasteiger partial charge in [-0.1, -0.05) is 55.4 Å². The number of aromatic nitrogens is 1. The van der Waals surface area contributed by atoms with E-state index in [-0.39, 0.29) is 31.2 Å². The molecule has 3 aromatic rings. The molecule has 4 aliphatic rings. The second-order valence-electron chi connectivity index (χ2n) is 14.2. The van der Waals surface area contributed by atoms with E-state index < -0.39 is 62.5 Å². The third-order valence-corrected chi connectivity index (χ3v) is 12.9. The lowest BCUT2D eigenvalue weighted by atomic mass is 9.99. The van der Waals surface area contributed by atoms with Gasteiger partial charge in [0.25, 0.3) is 11.1 Å². The van der Waals surface area contributed by atoms with E-state index in [2.05, 4.69) is 27.3 Å². The van der Waals surface area contributed by atoms with Crippen LogP contribution < -0.4 is 20.1 Å². The number of rotatable bonds is 7. The van der Waals surface area contributed by atoms with Crippen LogP contribution in [0.1, 0.15) is 63.9 Å². The first-order valence-electron chi connectivity index (χ1n) is 17.3. The van der Waals surface area contributed by atoms with Gasteiger partial charge in [-0.15, -0.1) is 0 Å². The van der Waals surface area contributed by atoms with E-state index in [1.165, 1.54) is 28.4 Å². The van der Waals surface area contributed by atoms with Gasteiger partial charge in [-0.3, -0.25) is 19.1 Å². The molecule has 3 fully saturated rings. The van der Waals surface area contributed by atoms with Crippen molar-refractivity contribution in [2.75, 3.05) is 11.9 Å². The fourth-order valence-electron chi connectivity index (χ4n) is 7.02. The van der Waals surface area contributed by atoms with Crippen molar-refractivity contribution in [3.8, 4) is 5.19 Å². The maximum absolute atomic E-state index is 14.5. The summed E-state index contributed by atoms with van der Waals surface area (Å²) in [4.78, 5) is 48.5. The van der Waals surface area contributed by atoms with Gasteiger partial charge in [0.15, 0.2) is 0 Å². The molecule has 1 aromatic heterocycles. The van der Waals surface area contributed by atoms with E-state index in [9.17, 15) is 27.2 Å². The van der Waals surface area contributed by atoms with Crippen molar-refractivity contribution >= 4 is 55.0 Å². The molecule has 6 atom stereocenters. The van der Waals surface area contributed by atoms with Crippen molar-refractivity contribution in [3.05, 3.63) is 66.0 Å². The number of halogens is 1. The highest BCUT2D eigenvalue weighted by Crippen LogP contribution is 2.46. The number of nitrogens with one attached hydrogen (secondary N) is 3. The molecular formula is C36H42FN5O6S2. The quantitative estimate of drug-likeness (QED) is 0.294. The molecule has 50 heavy (non-hydrogen) atoms. The van der Waals surface area contributed by atoms with E-state index in [4.69, 9.17) is 4.74 Å². The molecule has 11 nitrogen and oxygen atoms in total. The Kier molecular flexibility index (Phi) is 9.35. The van der Waals surface area contributed by atoms with Crippen LogP contribution in [0.5, 0.6) is 5.19 Å². The molecule has 0 radical (unpaired) electrons. The number of carbonyl (C=O) groups is 3. The second kappa shape index (κ2) is 13.6. The normalized spacial score (nSPS) is 29.6. The van der Waals surface area contributed by atoms with Gasteiger partial charge in [-0.05, 0) is 80.8 Å². The van der Waals surface area contributed by atoms with Gasteiger partial charge in [-0.2, -0.15) is 0 Å². The second-order valence-corrected chi connectivity index (χ2v) is 17.2. The number of fused-ring (bicyclic) bond motifs is 3. The summed E-state index contributed by atoms with van der Waals surface area (Å²) < 4.78 is 49.3. The molecule has 0 spiro atoms. The summed E-state index contributed by atoms with van der Waals surface area (Å²) in [6, 6.07) is 10.1. The van der Waals surface area contributed by atoms with Crippen LogP contribution in [0.2, 0.25) is 0 Å². The van der Waals surface area contributed by atoms with Gasteiger partial charge >= 0.3 is 0 Å². The lowest BCUT2D eigenvalue weighted by Crippen LogP contribution is -2.57. The summed E-state index contributed by atoms with van der Waals surface area (Å²) in [5, 5.41) is 5.94. The zero-order valence-electron chi connectivity index (χ0n) is 28.1. The molecule has 3 heterocycles. The average Bonchev–Trinajstić information content (AvgIpc) is 3.96. The Labute approximate surface area is 295 Å². The van der Waals surface area contributed by atoms with E-state index in [1.54, 1.807) is 12.1 Å². The fraction of sp³-hybridized carbons (Fsp3) is 0.500. The first-order chi connectivity index (χ1) is 23.9. The van der Waals surface area contributed by atoms with Crippen LogP contribution in [0.25, 0.3) is 10.2 Å². The van der Waals surface area contributed by atoms with Crippen LogP contribution >= 0.6 is 11.3 Å². The number of sulfonamides is 1. The first-order valence-corrected chi connectivity index (χ1v) is 19.7. The fourth-order valence-corrected chi connectivity index (χ4v) is 9.36. The molecule has 3 N–H and O–H groups in total. The number of amides is 3. The van der Waals surface area contributed by atoms with Gasteiger partial charge < -0.3 is 20.3 Å². The number of benzene rings is 2. The Morgan fingerprint density at radius 3 is 2.68 bits per heavy atom. The Balaban J connectivity index is 1.19. The molecule has 1 unspecified atom stereocenters. The van der Waals surface area contributed by atoms with E-state index in [0.29, 0.717) is 36.6 Å². The molecule has 14 heteroatoms.